The summed E-state index contributed by atoms with van der Waals surface area (Å²) >= 11 is 0. The van der Waals surface area contributed by atoms with Gasteiger partial charge in [-0.05, 0) is 30.7 Å². The molecule has 3 aromatic rings. The molecular weight excluding hydrogens is 198 g/mol. The first-order valence-corrected chi connectivity index (χ1v) is 5.34. The third kappa shape index (κ3) is 1.27. The fourth-order valence-electron chi connectivity index (χ4n) is 2.13. The summed E-state index contributed by atoms with van der Waals surface area (Å²) in [6.45, 7) is 2.10. The number of hydrogen-bond acceptors (Lipinski definition) is 1. The highest BCUT2D eigenvalue weighted by molar-refractivity contribution is 6.07. The van der Waals surface area contributed by atoms with Gasteiger partial charge in [-0.2, -0.15) is 0 Å². The minimum atomic E-state index is 0.885. The number of aromatic nitrogens is 1. The summed E-state index contributed by atoms with van der Waals surface area (Å²) in [5.74, 6) is 0.885. The van der Waals surface area contributed by atoms with Crippen LogP contribution in [-0.2, 0) is 0 Å². The van der Waals surface area contributed by atoms with E-state index in [1.54, 1.807) is 7.11 Å². The van der Waals surface area contributed by atoms with Crippen LogP contribution in [0.2, 0.25) is 0 Å². The minimum Gasteiger partial charge on any atom is -0.497 e. The quantitative estimate of drug-likeness (QED) is 0.653. The van der Waals surface area contributed by atoms with Gasteiger partial charge in [0.05, 0.1) is 12.6 Å². The fourth-order valence-corrected chi connectivity index (χ4v) is 2.13. The minimum absolute atomic E-state index is 0.885. The Labute approximate surface area is 93.8 Å². The Hall–Kier alpha value is -1.96. The van der Waals surface area contributed by atoms with E-state index in [9.17, 15) is 0 Å². The third-order valence-electron chi connectivity index (χ3n) is 2.96. The van der Waals surface area contributed by atoms with Gasteiger partial charge in [-0.3, -0.25) is 0 Å². The molecule has 2 heteroatoms. The van der Waals surface area contributed by atoms with E-state index >= 15 is 0 Å². The van der Waals surface area contributed by atoms with Crippen molar-refractivity contribution in [3.05, 3.63) is 42.0 Å². The molecule has 16 heavy (non-hydrogen) atoms. The second kappa shape index (κ2) is 3.27. The van der Waals surface area contributed by atoms with Crippen LogP contribution in [-0.4, -0.2) is 12.1 Å². The highest BCUT2D eigenvalue weighted by Gasteiger charge is 2.04. The molecule has 0 bridgehead atoms. The molecule has 0 fully saturated rings. The van der Waals surface area contributed by atoms with E-state index < -0.39 is 0 Å². The van der Waals surface area contributed by atoms with Crippen molar-refractivity contribution in [2.75, 3.05) is 7.11 Å². The lowest BCUT2D eigenvalue weighted by atomic mass is 10.1. The van der Waals surface area contributed by atoms with E-state index in [2.05, 4.69) is 36.2 Å². The highest BCUT2D eigenvalue weighted by Crippen LogP contribution is 2.28. The summed E-state index contributed by atoms with van der Waals surface area (Å²) in [5, 5.41) is 2.51. The predicted octanol–water partition coefficient (Wildman–Crippen LogP) is 3.64. The van der Waals surface area contributed by atoms with Crippen LogP contribution in [0.4, 0.5) is 0 Å². The monoisotopic (exact) mass is 211 g/mol. The molecule has 80 valence electrons. The summed E-state index contributed by atoms with van der Waals surface area (Å²) in [4.78, 5) is 3.41. The lowest BCUT2D eigenvalue weighted by Crippen LogP contribution is -1.80. The van der Waals surface area contributed by atoms with Gasteiger partial charge in [-0.25, -0.2) is 0 Å². The van der Waals surface area contributed by atoms with Gasteiger partial charge >= 0.3 is 0 Å². The second-order valence-corrected chi connectivity index (χ2v) is 4.09. The van der Waals surface area contributed by atoms with Gasteiger partial charge in [-0.1, -0.05) is 12.1 Å². The number of benzene rings is 2. The molecule has 2 nitrogen and oxygen atoms in total. The number of aromatic amines is 1. The Morgan fingerprint density at radius 3 is 2.38 bits per heavy atom. The first kappa shape index (κ1) is 9.28. The number of nitrogens with one attached hydrogen (secondary N) is 1. The van der Waals surface area contributed by atoms with E-state index in [1.807, 2.05) is 12.1 Å². The van der Waals surface area contributed by atoms with Crippen molar-refractivity contribution in [1.29, 1.82) is 0 Å². The average Bonchev–Trinajstić information content (AvgIpc) is 2.64. The first-order valence-electron chi connectivity index (χ1n) is 5.34. The van der Waals surface area contributed by atoms with Gasteiger partial charge in [0.25, 0.3) is 0 Å². The normalized spacial score (nSPS) is 11.1. The Morgan fingerprint density at radius 2 is 1.62 bits per heavy atom. The number of ether oxygens (including phenoxy) is 1. The van der Waals surface area contributed by atoms with Crippen molar-refractivity contribution in [2.45, 2.75) is 6.92 Å². The summed E-state index contributed by atoms with van der Waals surface area (Å²) in [6.07, 6.45) is 0. The van der Waals surface area contributed by atoms with E-state index in [0.717, 1.165) is 11.3 Å². The standard InChI is InChI=1S/C14H13NO/c1-9-3-5-11-12-6-4-10(16-2)8-14(12)15-13(11)7-9/h3-8,15H,1-2H3. The van der Waals surface area contributed by atoms with E-state index in [0.29, 0.717) is 0 Å². The lowest BCUT2D eigenvalue weighted by Gasteiger charge is -1.98. The van der Waals surface area contributed by atoms with Crippen molar-refractivity contribution in [3.8, 4) is 5.75 Å². The number of H-pyrrole nitrogens is 1. The Balaban J connectivity index is 2.40. The van der Waals surface area contributed by atoms with Crippen LogP contribution in [0.3, 0.4) is 0 Å². The molecule has 0 spiro atoms. The predicted molar refractivity (Wildman–Crippen MR) is 67.1 cm³/mol. The molecule has 1 heterocycles. The van der Waals surface area contributed by atoms with Crippen LogP contribution in [0.1, 0.15) is 5.56 Å². The Morgan fingerprint density at radius 1 is 0.938 bits per heavy atom. The van der Waals surface area contributed by atoms with Crippen LogP contribution < -0.4 is 4.74 Å². The molecule has 0 atom stereocenters. The van der Waals surface area contributed by atoms with Gasteiger partial charge < -0.3 is 9.72 Å². The number of aryl methyl sites for hydroxylation is 1. The molecule has 0 amide bonds. The molecule has 3 rings (SSSR count). The molecule has 1 aromatic heterocycles. The molecule has 0 saturated heterocycles. The summed E-state index contributed by atoms with van der Waals surface area (Å²) in [5.41, 5.74) is 3.58. The van der Waals surface area contributed by atoms with Crippen LogP contribution in [0, 0.1) is 6.92 Å². The SMILES string of the molecule is COc1ccc2c(c1)[nH]c1cc(C)ccc12. The van der Waals surface area contributed by atoms with E-state index in [-0.39, 0.29) is 0 Å². The maximum atomic E-state index is 5.22. The highest BCUT2D eigenvalue weighted by atomic mass is 16.5. The molecule has 0 aliphatic heterocycles. The van der Waals surface area contributed by atoms with Crippen LogP contribution in [0.15, 0.2) is 36.4 Å². The number of hydrogen-bond donors (Lipinski definition) is 1. The zero-order valence-corrected chi connectivity index (χ0v) is 9.37. The van der Waals surface area contributed by atoms with Crippen molar-refractivity contribution in [3.63, 3.8) is 0 Å². The van der Waals surface area contributed by atoms with Crippen molar-refractivity contribution in [2.24, 2.45) is 0 Å². The van der Waals surface area contributed by atoms with Gasteiger partial charge in [0.2, 0.25) is 0 Å². The van der Waals surface area contributed by atoms with Crippen molar-refractivity contribution >= 4 is 21.8 Å². The molecule has 0 aliphatic carbocycles. The number of fused-ring (bicyclic) bond motifs is 3. The maximum absolute atomic E-state index is 5.22. The molecule has 2 aromatic carbocycles. The largest absolute Gasteiger partial charge is 0.497 e. The Kier molecular flexibility index (Phi) is 1.90. The van der Waals surface area contributed by atoms with Gasteiger partial charge in [0.1, 0.15) is 5.75 Å². The Bertz CT molecular complexity index is 667. The molecular formula is C14H13NO. The number of methoxy groups -OCH3 is 1. The van der Waals surface area contributed by atoms with Crippen molar-refractivity contribution < 1.29 is 4.74 Å². The zero-order valence-electron chi connectivity index (χ0n) is 9.37. The van der Waals surface area contributed by atoms with Gasteiger partial charge in [0.15, 0.2) is 0 Å². The summed E-state index contributed by atoms with van der Waals surface area (Å²) < 4.78 is 5.22. The van der Waals surface area contributed by atoms with Gasteiger partial charge in [0, 0.05) is 22.4 Å². The summed E-state index contributed by atoms with van der Waals surface area (Å²) in [7, 11) is 1.69. The van der Waals surface area contributed by atoms with Crippen LogP contribution >= 0.6 is 0 Å². The molecule has 0 unspecified atom stereocenters. The van der Waals surface area contributed by atoms with Crippen LogP contribution in [0.25, 0.3) is 21.8 Å². The third-order valence-corrected chi connectivity index (χ3v) is 2.96. The molecule has 0 saturated carbocycles. The number of rotatable bonds is 1. The first-order chi connectivity index (χ1) is 7.78. The lowest BCUT2D eigenvalue weighted by molar-refractivity contribution is 0.415. The fraction of sp³-hybridized carbons (Fsp3) is 0.143. The second-order valence-electron chi connectivity index (χ2n) is 4.09. The smallest absolute Gasteiger partial charge is 0.120 e. The van der Waals surface area contributed by atoms with E-state index in [1.165, 1.54) is 21.9 Å². The van der Waals surface area contributed by atoms with Crippen LogP contribution in [0.5, 0.6) is 5.75 Å². The van der Waals surface area contributed by atoms with Crippen molar-refractivity contribution in [1.82, 2.24) is 4.98 Å². The topological polar surface area (TPSA) is 25.0 Å². The molecule has 1 N–H and O–H groups in total. The van der Waals surface area contributed by atoms with Gasteiger partial charge in [-0.15, -0.1) is 0 Å². The zero-order chi connectivity index (χ0) is 11.1. The molecule has 0 aliphatic rings. The summed E-state index contributed by atoms with van der Waals surface area (Å²) in [6, 6.07) is 12.6. The maximum Gasteiger partial charge on any atom is 0.120 e. The average molecular weight is 211 g/mol. The van der Waals surface area contributed by atoms with E-state index in [4.69, 9.17) is 4.74 Å². The molecule has 0 radical (unpaired) electrons.